The van der Waals surface area contributed by atoms with Gasteiger partial charge in [0.05, 0.1) is 0 Å². The molecule has 28 heavy (non-hydrogen) atoms. The molecule has 1 heteroatoms. The first-order valence-electron chi connectivity index (χ1n) is 12.4. The normalized spacial score (nSPS) is 71.1. The fourth-order valence-corrected chi connectivity index (χ4v) is 14.2. The lowest BCUT2D eigenvalue weighted by Crippen LogP contribution is -2.44. The minimum atomic E-state index is 0.0612. The van der Waals surface area contributed by atoms with Crippen molar-refractivity contribution >= 4 is 5.78 Å². The molecule has 9 saturated carbocycles. The van der Waals surface area contributed by atoms with Gasteiger partial charge in [0.15, 0.2) is 0 Å². The van der Waals surface area contributed by atoms with Gasteiger partial charge in [-0.05, 0) is 114 Å². The van der Waals surface area contributed by atoms with Crippen molar-refractivity contribution in [1.82, 2.24) is 0 Å². The van der Waals surface area contributed by atoms with Gasteiger partial charge in [-0.2, -0.15) is 0 Å². The van der Waals surface area contributed by atoms with Gasteiger partial charge in [-0.1, -0.05) is 30.3 Å². The summed E-state index contributed by atoms with van der Waals surface area (Å²) in [5, 5.41) is 0. The zero-order valence-corrected chi connectivity index (χ0v) is 16.3. The van der Waals surface area contributed by atoms with E-state index in [9.17, 15) is 4.79 Å². The van der Waals surface area contributed by atoms with Gasteiger partial charge in [-0.15, -0.1) is 0 Å². The molecule has 0 aliphatic heterocycles. The summed E-state index contributed by atoms with van der Waals surface area (Å²) in [6.07, 6.45) is 5.44. The number of carbonyl (C=O) groups excluding carboxylic acids is 1. The van der Waals surface area contributed by atoms with Crippen LogP contribution in [0.15, 0.2) is 30.3 Å². The molecule has 0 heterocycles. The smallest absolute Gasteiger partial charge is 0.143 e. The second kappa shape index (κ2) is 3.81. The first-order valence-corrected chi connectivity index (χ1v) is 12.4. The monoisotopic (exact) mass is 368 g/mol. The van der Waals surface area contributed by atoms with Crippen LogP contribution in [0, 0.1) is 94.2 Å². The molecular weight excluding hydrogens is 340 g/mol. The van der Waals surface area contributed by atoms with Gasteiger partial charge >= 0.3 is 0 Å². The average Bonchev–Trinajstić information content (AvgIpc) is 3.47. The van der Waals surface area contributed by atoms with Crippen molar-refractivity contribution in [3.8, 4) is 0 Å². The molecule has 9 aliphatic carbocycles. The lowest BCUT2D eigenvalue weighted by atomic mass is 9.61. The Morgan fingerprint density at radius 1 is 0.714 bits per heavy atom. The summed E-state index contributed by atoms with van der Waals surface area (Å²) in [7, 11) is 0. The van der Waals surface area contributed by atoms with Crippen LogP contribution >= 0.6 is 0 Å². The van der Waals surface area contributed by atoms with E-state index in [1.54, 1.807) is 0 Å². The molecule has 9 fully saturated rings. The Bertz CT molecular complexity index is 975. The van der Waals surface area contributed by atoms with Gasteiger partial charge in [-0.3, -0.25) is 4.79 Å². The van der Waals surface area contributed by atoms with Gasteiger partial charge < -0.3 is 0 Å². The molecule has 1 aromatic carbocycles. The molecule has 142 valence electrons. The zero-order valence-electron chi connectivity index (χ0n) is 16.3. The number of hydrogen-bond donors (Lipinski definition) is 0. The number of fused-ring (bicyclic) bond motifs is 4. The molecule has 0 bridgehead atoms. The number of benzene rings is 1. The molecule has 1 nitrogen and oxygen atoms in total. The van der Waals surface area contributed by atoms with Crippen LogP contribution in [-0.4, -0.2) is 5.78 Å². The maximum absolute atomic E-state index is 14.4. The van der Waals surface area contributed by atoms with E-state index in [0.29, 0.717) is 5.92 Å². The van der Waals surface area contributed by atoms with Crippen molar-refractivity contribution < 1.29 is 4.79 Å². The van der Waals surface area contributed by atoms with E-state index in [1.807, 2.05) is 0 Å². The maximum atomic E-state index is 14.4. The van der Waals surface area contributed by atoms with Crippen molar-refractivity contribution in [2.24, 2.45) is 94.2 Å². The van der Waals surface area contributed by atoms with Crippen LogP contribution in [0.3, 0.4) is 0 Å². The molecule has 1 aromatic rings. The quantitative estimate of drug-likeness (QED) is 0.760. The molecule has 0 unspecified atom stereocenters. The molecule has 0 N–H and O–H groups in total. The lowest BCUT2D eigenvalue weighted by molar-refractivity contribution is -0.134. The number of hydrogen-bond acceptors (Lipinski definition) is 1. The second-order valence-electron chi connectivity index (χ2n) is 12.7. The Labute approximate surface area is 166 Å². The summed E-state index contributed by atoms with van der Waals surface area (Å²) in [4.78, 5) is 14.4. The molecule has 0 amide bonds. The molecule has 0 spiro atoms. The van der Waals surface area contributed by atoms with Crippen LogP contribution in [0.25, 0.3) is 0 Å². The van der Waals surface area contributed by atoms with Gasteiger partial charge in [0.2, 0.25) is 0 Å². The van der Waals surface area contributed by atoms with Gasteiger partial charge in [0.1, 0.15) is 5.78 Å². The summed E-state index contributed by atoms with van der Waals surface area (Å²) < 4.78 is 0. The minimum absolute atomic E-state index is 0.0612. The minimum Gasteiger partial charge on any atom is -0.299 e. The maximum Gasteiger partial charge on any atom is 0.143 e. The summed E-state index contributed by atoms with van der Waals surface area (Å²) >= 11 is 0. The second-order valence-corrected chi connectivity index (χ2v) is 12.7. The van der Waals surface area contributed by atoms with E-state index in [4.69, 9.17) is 0 Å². The van der Waals surface area contributed by atoms with Crippen molar-refractivity contribution in [1.29, 1.82) is 0 Å². The van der Waals surface area contributed by atoms with Gasteiger partial charge in [-0.25, -0.2) is 0 Å². The standard InChI is InChI=1S/C27H28O/c28-26-14-8-13-16-11-6-7-12-15(11)20-19(16)21-17(13)18(14)25-23(21)22(20)24(12)27(25,26)9-10-4-2-1-3-5-10/h1-5,11-25H,6-9H2/t11-,12-,13-,14-,15-,16+,17+,18-,19-,20-,21+,22-,23+,24-,25-,27-/m1/s1. The molecule has 9 aliphatic rings. The Morgan fingerprint density at radius 3 is 2.32 bits per heavy atom. The Kier molecular flexibility index (Phi) is 1.90. The summed E-state index contributed by atoms with van der Waals surface area (Å²) in [6, 6.07) is 11.2. The zero-order chi connectivity index (χ0) is 17.7. The Balaban J connectivity index is 1.29. The summed E-state index contributed by atoms with van der Waals surface area (Å²) in [6.45, 7) is 0. The first-order chi connectivity index (χ1) is 13.8. The van der Waals surface area contributed by atoms with Crippen molar-refractivity contribution in [3.63, 3.8) is 0 Å². The van der Waals surface area contributed by atoms with Crippen LogP contribution in [0.5, 0.6) is 0 Å². The fourth-order valence-electron chi connectivity index (χ4n) is 14.2. The number of Topliss-reactive ketones (excluding diaryl/α,β-unsaturated/α-hetero) is 1. The third kappa shape index (κ3) is 1.01. The third-order valence-electron chi connectivity index (χ3n) is 13.3. The predicted molar refractivity (Wildman–Crippen MR) is 104 cm³/mol. The predicted octanol–water partition coefficient (Wildman–Crippen LogP) is 4.32. The molecule has 10 rings (SSSR count). The van der Waals surface area contributed by atoms with E-state index in [0.717, 1.165) is 95.1 Å². The van der Waals surface area contributed by atoms with Crippen LogP contribution < -0.4 is 0 Å². The highest BCUT2D eigenvalue weighted by Crippen LogP contribution is 2.93. The third-order valence-corrected chi connectivity index (χ3v) is 13.3. The Hall–Kier alpha value is -1.11. The van der Waals surface area contributed by atoms with Gasteiger partial charge in [0.25, 0.3) is 0 Å². The van der Waals surface area contributed by atoms with E-state index in [2.05, 4.69) is 30.3 Å². The molecule has 0 saturated heterocycles. The number of rotatable bonds is 2. The average molecular weight is 369 g/mol. The highest BCUT2D eigenvalue weighted by atomic mass is 16.1. The van der Waals surface area contributed by atoms with Crippen molar-refractivity contribution in [3.05, 3.63) is 35.9 Å². The van der Waals surface area contributed by atoms with Crippen LogP contribution in [0.2, 0.25) is 0 Å². The number of carbonyl (C=O) groups is 1. The topological polar surface area (TPSA) is 17.1 Å². The van der Waals surface area contributed by atoms with E-state index in [-0.39, 0.29) is 5.41 Å². The van der Waals surface area contributed by atoms with E-state index in [1.165, 1.54) is 24.8 Å². The lowest BCUT2D eigenvalue weighted by Gasteiger charge is -2.41. The summed E-state index contributed by atoms with van der Waals surface area (Å²) in [5.41, 5.74) is 1.52. The van der Waals surface area contributed by atoms with Crippen LogP contribution in [0.1, 0.15) is 24.8 Å². The van der Waals surface area contributed by atoms with E-state index >= 15 is 0 Å². The molecule has 16 atom stereocenters. The molecule has 0 aromatic heterocycles. The van der Waals surface area contributed by atoms with E-state index < -0.39 is 0 Å². The highest BCUT2D eigenvalue weighted by molar-refractivity contribution is 5.93. The van der Waals surface area contributed by atoms with Crippen LogP contribution in [-0.2, 0) is 11.2 Å². The van der Waals surface area contributed by atoms with Crippen LogP contribution in [0.4, 0.5) is 0 Å². The molecule has 0 radical (unpaired) electrons. The van der Waals surface area contributed by atoms with Crippen molar-refractivity contribution in [2.75, 3.05) is 0 Å². The molecular formula is C27H28O. The highest BCUT2D eigenvalue weighted by Gasteiger charge is 2.92. The fraction of sp³-hybridized carbons (Fsp3) is 0.741. The van der Waals surface area contributed by atoms with Crippen molar-refractivity contribution in [2.45, 2.75) is 25.7 Å². The SMILES string of the molecule is O=C1[C@@H]2C[C@@H]3[C@@H]4[C@@H]5CC[C@@H]6[C@@H]5[C@@H]5[C@@H]4[C@@H]4[C@@H]3[C@@H]2[C@@H]2[C@@H]4[C@@H]5[C@@H]6[C@@]12Cc1ccccc1. The van der Waals surface area contributed by atoms with Gasteiger partial charge in [0, 0.05) is 11.3 Å². The summed E-state index contributed by atoms with van der Waals surface area (Å²) in [5.74, 6) is 15.0. The Morgan fingerprint density at radius 2 is 1.43 bits per heavy atom. The number of ketones is 1. The largest absolute Gasteiger partial charge is 0.299 e. The first kappa shape index (κ1) is 14.0.